The van der Waals surface area contributed by atoms with Crippen LogP contribution in [0.1, 0.15) is 111 Å². The first-order valence-corrected chi connectivity index (χ1v) is 41.1. The Hall–Kier alpha value is -14.5. The van der Waals surface area contributed by atoms with Gasteiger partial charge in [-0.05, 0) is 102 Å². The van der Waals surface area contributed by atoms with E-state index in [2.05, 4.69) is 111 Å². The Morgan fingerprint density at radius 2 is 0.870 bits per heavy atom. The Morgan fingerprint density at radius 1 is 0.427 bits per heavy atom. The molecule has 0 bridgehead atoms. The Morgan fingerprint density at radius 3 is 1.42 bits per heavy atom. The summed E-state index contributed by atoms with van der Waals surface area (Å²) in [7, 11) is 0. The molecule has 131 heavy (non-hydrogen) atoms. The molecule has 17 atom stereocenters. The van der Waals surface area contributed by atoms with Gasteiger partial charge in [0, 0.05) is 61.9 Å². The number of guanidine groups is 1. The summed E-state index contributed by atoms with van der Waals surface area (Å²) in [5, 5.41) is 121. The van der Waals surface area contributed by atoms with Crippen LogP contribution in [-0.4, -0.2) is 317 Å². The number of fused-ring (bicyclic) bond motifs is 1. The van der Waals surface area contributed by atoms with Crippen molar-refractivity contribution in [2.45, 2.75) is 216 Å². The van der Waals surface area contributed by atoms with Crippen molar-refractivity contribution < 1.29 is 132 Å². The molecule has 18 amide bonds. The van der Waals surface area contributed by atoms with E-state index >= 15 is 0 Å². The number of aromatic amines is 2. The van der Waals surface area contributed by atoms with Crippen LogP contribution in [0.15, 0.2) is 67.3 Å². The predicted octanol–water partition coefficient (Wildman–Crippen LogP) is -12.0. The van der Waals surface area contributed by atoms with Crippen LogP contribution >= 0.6 is 0 Å². The molecule has 0 saturated heterocycles. The number of aliphatic hydroxyl groups excluding tert-OH is 4. The minimum atomic E-state index is -2.02. The Kier molecular flexibility index (Phi) is 44.8. The molecular formula is C79H117N25O27. The fraction of sp³-hybridized carbons (Fsp3) is 0.519. The van der Waals surface area contributed by atoms with E-state index in [4.69, 9.17) is 22.6 Å². The molecule has 0 fully saturated rings. The zero-order chi connectivity index (χ0) is 98.2. The molecule has 0 radical (unpaired) electrons. The van der Waals surface area contributed by atoms with E-state index in [9.17, 15) is 132 Å². The summed E-state index contributed by atoms with van der Waals surface area (Å²) in [6.07, 6.45) is -2.67. The number of rotatable bonds is 56. The summed E-state index contributed by atoms with van der Waals surface area (Å²) in [4.78, 5) is 276. The number of carboxylic acids is 2. The van der Waals surface area contributed by atoms with Crippen LogP contribution in [0.5, 0.6) is 5.75 Å². The number of carboxylic acid groups (broad SMARTS) is 2. The number of aromatic hydroxyl groups is 1. The molecule has 0 spiro atoms. The van der Waals surface area contributed by atoms with E-state index in [-0.39, 0.29) is 43.9 Å². The Bertz CT molecular complexity index is 4680. The molecule has 0 aliphatic rings. The number of carbonyl (C=O) groups is 20. The Balaban J connectivity index is 1.43. The lowest BCUT2D eigenvalue weighted by Crippen LogP contribution is -2.63. The first kappa shape index (κ1) is 109. The van der Waals surface area contributed by atoms with Gasteiger partial charge in [-0.25, -0.2) is 9.78 Å². The van der Waals surface area contributed by atoms with Gasteiger partial charge < -0.3 is 159 Å². The average molecular weight is 1850 g/mol. The monoisotopic (exact) mass is 1850 g/mol. The second kappa shape index (κ2) is 53.9. The van der Waals surface area contributed by atoms with Gasteiger partial charge in [-0.3, -0.25) is 96.5 Å². The number of primary amides is 1. The third-order valence-electron chi connectivity index (χ3n) is 19.5. The first-order chi connectivity index (χ1) is 61.6. The second-order valence-electron chi connectivity index (χ2n) is 30.8. The van der Waals surface area contributed by atoms with Crippen molar-refractivity contribution in [1.82, 2.24) is 111 Å². The fourth-order valence-electron chi connectivity index (χ4n) is 12.2. The average Bonchev–Trinajstić information content (AvgIpc) is 1.65. The lowest BCUT2D eigenvalue weighted by atomic mass is 10.0. The van der Waals surface area contributed by atoms with E-state index in [1.807, 2.05) is 0 Å². The van der Waals surface area contributed by atoms with Crippen LogP contribution in [-0.2, 0) is 115 Å². The van der Waals surface area contributed by atoms with Crippen molar-refractivity contribution in [3.63, 3.8) is 0 Å². The zero-order valence-electron chi connectivity index (χ0n) is 72.8. The van der Waals surface area contributed by atoms with Crippen molar-refractivity contribution in [1.29, 1.82) is 5.41 Å². The number of para-hydroxylation sites is 1. The van der Waals surface area contributed by atoms with Gasteiger partial charge in [0.1, 0.15) is 90.3 Å². The summed E-state index contributed by atoms with van der Waals surface area (Å²) in [6, 6.07) is -12.5. The maximum Gasteiger partial charge on any atom is 0.326 e. The molecular weight excluding hydrogens is 1730 g/mol. The van der Waals surface area contributed by atoms with Gasteiger partial charge in [0.05, 0.1) is 63.1 Å². The number of benzene rings is 2. The zero-order valence-corrected chi connectivity index (χ0v) is 72.8. The lowest BCUT2D eigenvalue weighted by Gasteiger charge is -2.29. The van der Waals surface area contributed by atoms with Gasteiger partial charge >= 0.3 is 11.9 Å². The van der Waals surface area contributed by atoms with Crippen molar-refractivity contribution in [3.05, 3.63) is 84.1 Å². The smallest absolute Gasteiger partial charge is 0.326 e. The fourth-order valence-corrected chi connectivity index (χ4v) is 12.2. The van der Waals surface area contributed by atoms with Crippen LogP contribution in [0.2, 0.25) is 0 Å². The standard InChI is InChI=1S/C79H117N25O27/c1-35(2)61(75(127)89-29-57(111)87-30-58(112)91-37(4)65(117)95-49(20-22-60(114)115)69(121)92-38(5)66(118)96-50(78(130)131)14-11-23-85-79(82)83)102-73(125)51(24-42-15-17-45(109)18-16-42)98-70(122)48(19-21-56(81)110)94-59(113)31-88-68(120)54(32-105)100-71(123)52(25-43-27-86-47-13-10-9-12-46(43)47)99-76(128)62(40(7)107)104-77(129)63(41(8)108)103-67(119)39(6)93-74(126)55(33-106)101-72(124)53(97-64(116)36(3)80)26-44-28-84-34-90-44/h9-10,12-13,15-18,27-28,34-41,48-55,61-63,86,105-109H,11,14,19-26,29-33,80H2,1-8H3,(H2,81,110)(H,84,90)(H,87,111)(H,88,120)(H,89,127)(H,91,112)(H,92,121)(H,93,126)(H,94,113)(H,95,117)(H,96,118)(H,97,116)(H,98,122)(H,99,128)(H,100,123)(H,101,124)(H,102,125)(H,103,119)(H,104,129)(H,114,115)(H,130,131)(H4,82,83,85)/t36-,37-,38-,39-,40+,41+,48-,49-,50-,51-,52-,53-,54-,55-,61-,62-,63-/m0/s1. The molecule has 2 aromatic heterocycles. The normalized spacial score (nSPS) is 14.9. The van der Waals surface area contributed by atoms with Crippen molar-refractivity contribution in [3.8, 4) is 5.75 Å². The SMILES string of the molecule is CC(C)[C@H](NC(=O)[C@H](Cc1ccc(O)cc1)NC(=O)[C@H](CCC(N)=O)NC(=O)CNC(=O)[C@H](CO)NC(=O)[C@H](Cc1c[nH]c2ccccc12)NC(=O)[C@@H](NC(=O)[C@@H](NC(=O)[C@H](C)NC(=O)[C@H](CO)NC(=O)[C@H](Cc1c[nH]cn1)NC(=O)[C@H](C)N)[C@@H](C)O)[C@@H](C)O)C(=O)NCC(=O)NCC(=O)N[C@@H](C)C(=O)N[C@@H](CCC(=O)O)C(=O)N[C@@H](C)C(=O)N[C@@H](CCCNC(=N)N)C(=O)O. The number of nitrogens with two attached hydrogens (primary N) is 3. The topological polar surface area (TPSA) is 846 Å². The number of phenolic OH excluding ortho intramolecular Hbond substituents is 1. The molecule has 4 rings (SSSR count). The summed E-state index contributed by atoms with van der Waals surface area (Å²) in [6.45, 7) is 5.08. The number of H-pyrrole nitrogens is 2. The van der Waals surface area contributed by atoms with Gasteiger partial charge in [0.25, 0.3) is 0 Å². The van der Waals surface area contributed by atoms with Gasteiger partial charge in [-0.1, -0.05) is 44.2 Å². The highest BCUT2D eigenvalue weighted by atomic mass is 16.4. The number of nitrogens with zero attached hydrogens (tertiary/aromatic N) is 1. The molecule has 0 saturated carbocycles. The number of hydrogen-bond acceptors (Lipinski definition) is 28. The van der Waals surface area contributed by atoms with E-state index in [0.717, 1.165) is 27.7 Å². The van der Waals surface area contributed by atoms with Crippen molar-refractivity contribution in [2.75, 3.05) is 39.4 Å². The van der Waals surface area contributed by atoms with E-state index in [0.29, 0.717) is 27.7 Å². The van der Waals surface area contributed by atoms with Crippen LogP contribution < -0.4 is 113 Å². The van der Waals surface area contributed by atoms with Crippen LogP contribution in [0.3, 0.4) is 0 Å². The van der Waals surface area contributed by atoms with Gasteiger partial charge in [0.2, 0.25) is 106 Å². The minimum absolute atomic E-state index is 0.107. The van der Waals surface area contributed by atoms with Gasteiger partial charge in [0.15, 0.2) is 5.96 Å². The summed E-state index contributed by atoms with van der Waals surface area (Å²) in [5.74, 6) is -23.6. The molecule has 720 valence electrons. The molecule has 0 aliphatic heterocycles. The third kappa shape index (κ3) is 37.7. The second-order valence-corrected chi connectivity index (χ2v) is 30.8. The molecule has 0 aliphatic carbocycles. The number of aromatic nitrogens is 3. The number of amides is 18. The third-order valence-corrected chi connectivity index (χ3v) is 19.5. The quantitative estimate of drug-likeness (QED) is 0.0111. The molecule has 2 heterocycles. The van der Waals surface area contributed by atoms with E-state index in [1.165, 1.54) is 70.7 Å². The highest BCUT2D eigenvalue weighted by molar-refractivity contribution is 6.01. The van der Waals surface area contributed by atoms with Crippen molar-refractivity contribution >= 4 is 135 Å². The molecule has 0 unspecified atom stereocenters. The number of aliphatic carboxylic acids is 2. The molecule has 2 aromatic carbocycles. The van der Waals surface area contributed by atoms with Crippen molar-refractivity contribution in [2.24, 2.45) is 23.1 Å². The lowest BCUT2D eigenvalue weighted by molar-refractivity contribution is -0.142. The number of imidazole rings is 1. The number of aliphatic hydroxyl groups is 4. The molecule has 52 nitrogen and oxygen atoms in total. The van der Waals surface area contributed by atoms with E-state index < -0.39 is 292 Å². The van der Waals surface area contributed by atoms with Crippen LogP contribution in [0, 0.1) is 11.3 Å². The summed E-state index contributed by atoms with van der Waals surface area (Å²) in [5.41, 5.74) is 17.9. The number of hydrogen-bond donors (Lipinski definition) is 31. The van der Waals surface area contributed by atoms with Gasteiger partial charge in [-0.15, -0.1) is 0 Å². The Labute approximate surface area is 748 Å². The van der Waals surface area contributed by atoms with Crippen LogP contribution in [0.4, 0.5) is 0 Å². The molecule has 34 N–H and O–H groups in total. The highest BCUT2D eigenvalue weighted by Crippen LogP contribution is 2.21. The maximum absolute atomic E-state index is 14.5. The molecule has 52 heteroatoms. The largest absolute Gasteiger partial charge is 0.508 e. The molecule has 4 aromatic rings. The summed E-state index contributed by atoms with van der Waals surface area (Å²) < 4.78 is 0. The number of carbonyl (C=O) groups excluding carboxylic acids is 18. The van der Waals surface area contributed by atoms with E-state index in [1.54, 1.807) is 24.3 Å². The van der Waals surface area contributed by atoms with Gasteiger partial charge in [-0.2, -0.15) is 0 Å². The minimum Gasteiger partial charge on any atom is -0.508 e. The number of nitrogens with one attached hydrogen (secondary N) is 21. The van der Waals surface area contributed by atoms with Crippen LogP contribution in [0.25, 0.3) is 10.9 Å². The maximum atomic E-state index is 14.5. The predicted molar refractivity (Wildman–Crippen MR) is 457 cm³/mol. The first-order valence-electron chi connectivity index (χ1n) is 41.1. The highest BCUT2D eigenvalue weighted by Gasteiger charge is 2.39. The number of phenols is 1. The summed E-state index contributed by atoms with van der Waals surface area (Å²) >= 11 is 0.